The zero-order valence-corrected chi connectivity index (χ0v) is 31.5. The number of ketones is 2. The molecule has 0 radical (unpaired) electrons. The first-order chi connectivity index (χ1) is 20.5. The van der Waals surface area contributed by atoms with Gasteiger partial charge in [0.25, 0.3) is 0 Å². The van der Waals surface area contributed by atoms with Crippen molar-refractivity contribution in [2.24, 2.45) is 0 Å². The van der Waals surface area contributed by atoms with E-state index in [0.29, 0.717) is 19.6 Å². The molecule has 0 spiro atoms. The van der Waals surface area contributed by atoms with Crippen molar-refractivity contribution in [2.75, 3.05) is 54.0 Å². The van der Waals surface area contributed by atoms with E-state index < -0.39 is 17.1 Å². The van der Waals surface area contributed by atoms with Crippen molar-refractivity contribution in [3.8, 4) is 0 Å². The summed E-state index contributed by atoms with van der Waals surface area (Å²) in [6.07, 6.45) is 6.90. The lowest BCUT2D eigenvalue weighted by atomic mass is 9.85. The molecule has 0 heterocycles. The van der Waals surface area contributed by atoms with Gasteiger partial charge >= 0.3 is 0 Å². The van der Waals surface area contributed by atoms with Gasteiger partial charge in [-0.25, -0.2) is 0 Å². The van der Waals surface area contributed by atoms with Crippen LogP contribution >= 0.6 is 0 Å². The van der Waals surface area contributed by atoms with E-state index in [4.69, 9.17) is 9.47 Å². The van der Waals surface area contributed by atoms with Gasteiger partial charge in [0.15, 0.2) is 11.6 Å². The molecule has 0 saturated heterocycles. The number of rotatable bonds is 27. The quantitative estimate of drug-likeness (QED) is 0.0801. The Morgan fingerprint density at radius 1 is 0.682 bits per heavy atom. The summed E-state index contributed by atoms with van der Waals surface area (Å²) in [6.45, 7) is 25.9. The molecule has 0 fully saturated rings. The lowest BCUT2D eigenvalue weighted by Crippen LogP contribution is -2.63. The van der Waals surface area contributed by atoms with Crippen LogP contribution in [0.3, 0.4) is 0 Å². The summed E-state index contributed by atoms with van der Waals surface area (Å²) < 4.78 is 11.7. The largest absolute Gasteiger partial charge is 0.379 e. The molecular formula is C35H75N5O4. The molecule has 44 heavy (non-hydrogen) atoms. The van der Waals surface area contributed by atoms with Gasteiger partial charge in [-0.3, -0.25) is 14.9 Å². The highest BCUT2D eigenvalue weighted by atomic mass is 16.5. The fraction of sp³-hybridized carbons (Fsp3) is 0.943. The first kappa shape index (κ1) is 45.2. The van der Waals surface area contributed by atoms with Crippen LogP contribution in [0.2, 0.25) is 0 Å². The SMILES string of the molecule is CC.CCNC(CCCCNC)C(=O)C(C)(C)NC(CCCCNC)C(=O)C(C)(C)NCCC(C)(C)OCCC(C)(C)OC. The number of ether oxygens (including phenoxy) is 2. The molecule has 9 nitrogen and oxygen atoms in total. The number of Topliss-reactive ketones (excluding diaryl/α,β-unsaturated/α-hetero) is 2. The number of hydrogen-bond donors (Lipinski definition) is 5. The van der Waals surface area contributed by atoms with E-state index in [2.05, 4.69) is 54.3 Å². The fourth-order valence-electron chi connectivity index (χ4n) is 5.03. The Bertz CT molecular complexity index is 755. The van der Waals surface area contributed by atoms with Crippen LogP contribution in [-0.2, 0) is 19.1 Å². The third kappa shape index (κ3) is 19.5. The summed E-state index contributed by atoms with van der Waals surface area (Å²) in [5.74, 6) is 0.200. The molecule has 0 saturated carbocycles. The second-order valence-corrected chi connectivity index (χ2v) is 14.0. The van der Waals surface area contributed by atoms with Crippen LogP contribution < -0.4 is 26.6 Å². The summed E-state index contributed by atoms with van der Waals surface area (Å²) in [7, 11) is 5.61. The highest BCUT2D eigenvalue weighted by molar-refractivity contribution is 5.95. The molecule has 2 unspecified atom stereocenters. The molecule has 0 aliphatic heterocycles. The molecule has 0 amide bonds. The van der Waals surface area contributed by atoms with Crippen molar-refractivity contribution in [2.45, 2.75) is 162 Å². The van der Waals surface area contributed by atoms with Gasteiger partial charge < -0.3 is 30.7 Å². The van der Waals surface area contributed by atoms with Crippen LogP contribution in [0.1, 0.15) is 128 Å². The maximum absolute atomic E-state index is 14.0. The van der Waals surface area contributed by atoms with Gasteiger partial charge in [0.05, 0.1) is 41.0 Å². The number of nitrogens with one attached hydrogen (secondary N) is 5. The predicted octanol–water partition coefficient (Wildman–Crippen LogP) is 5.01. The molecule has 5 N–H and O–H groups in total. The average molecular weight is 630 g/mol. The summed E-state index contributed by atoms with van der Waals surface area (Å²) in [5, 5.41) is 16.8. The molecule has 9 heteroatoms. The van der Waals surface area contributed by atoms with Crippen LogP contribution in [-0.4, -0.2) is 99.9 Å². The third-order valence-corrected chi connectivity index (χ3v) is 8.23. The van der Waals surface area contributed by atoms with Crippen molar-refractivity contribution >= 4 is 11.6 Å². The van der Waals surface area contributed by atoms with Crippen molar-refractivity contribution in [1.82, 2.24) is 26.6 Å². The minimum atomic E-state index is -0.846. The molecular weight excluding hydrogens is 554 g/mol. The molecule has 0 aliphatic carbocycles. The normalized spacial score (nSPS) is 14.1. The number of carbonyl (C=O) groups excluding carboxylic acids is 2. The Labute approximate surface area is 272 Å². The second kappa shape index (κ2) is 23.4. The van der Waals surface area contributed by atoms with Crippen LogP contribution in [0, 0.1) is 0 Å². The Hall–Kier alpha value is -0.940. The molecule has 2 atom stereocenters. The minimum Gasteiger partial charge on any atom is -0.379 e. The maximum atomic E-state index is 14.0. The Kier molecular flexibility index (Phi) is 24.0. The molecule has 0 aromatic rings. The topological polar surface area (TPSA) is 113 Å². The van der Waals surface area contributed by atoms with Gasteiger partial charge in [-0.2, -0.15) is 0 Å². The smallest absolute Gasteiger partial charge is 0.169 e. The first-order valence-electron chi connectivity index (χ1n) is 17.3. The monoisotopic (exact) mass is 630 g/mol. The lowest BCUT2D eigenvalue weighted by Gasteiger charge is -2.37. The zero-order valence-electron chi connectivity index (χ0n) is 31.5. The van der Waals surface area contributed by atoms with E-state index in [9.17, 15) is 9.59 Å². The van der Waals surface area contributed by atoms with Crippen molar-refractivity contribution in [1.29, 1.82) is 0 Å². The highest BCUT2D eigenvalue weighted by Gasteiger charge is 2.40. The standard InChI is InChI=1S/C33H69N5O4.C2H6/c1-13-36-26(18-14-16-22-34-10)28(39)33(8,9)38-27(19-15-17-23-35-11)29(40)32(6,7)37-24-20-31(4,5)42-25-21-30(2,3)41-12;1-2/h26-27,34-38H,13-25H2,1-12H3;1-2H3. The summed E-state index contributed by atoms with van der Waals surface area (Å²) >= 11 is 0. The lowest BCUT2D eigenvalue weighted by molar-refractivity contribution is -0.130. The molecule has 264 valence electrons. The molecule has 0 aliphatic rings. The molecule has 0 aromatic heterocycles. The minimum absolute atomic E-state index is 0.0856. The van der Waals surface area contributed by atoms with Crippen LogP contribution in [0.15, 0.2) is 0 Å². The van der Waals surface area contributed by atoms with E-state index >= 15 is 0 Å². The Morgan fingerprint density at radius 2 is 1.18 bits per heavy atom. The van der Waals surface area contributed by atoms with Gasteiger partial charge in [0, 0.05) is 7.11 Å². The fourth-order valence-corrected chi connectivity index (χ4v) is 5.03. The van der Waals surface area contributed by atoms with Crippen molar-refractivity contribution in [3.63, 3.8) is 0 Å². The van der Waals surface area contributed by atoms with E-state index in [1.165, 1.54) is 0 Å². The molecule has 0 rings (SSSR count). The van der Waals surface area contributed by atoms with Crippen molar-refractivity contribution < 1.29 is 19.1 Å². The summed E-state index contributed by atoms with van der Waals surface area (Å²) in [5.41, 5.74) is -2.15. The summed E-state index contributed by atoms with van der Waals surface area (Å²) in [6, 6.07) is -0.673. The number of methoxy groups -OCH3 is 1. The first-order valence-corrected chi connectivity index (χ1v) is 17.3. The van der Waals surface area contributed by atoms with Crippen LogP contribution in [0.25, 0.3) is 0 Å². The number of hydrogen-bond acceptors (Lipinski definition) is 9. The Morgan fingerprint density at radius 3 is 1.66 bits per heavy atom. The summed E-state index contributed by atoms with van der Waals surface area (Å²) in [4.78, 5) is 27.8. The van der Waals surface area contributed by atoms with E-state index in [-0.39, 0.29) is 28.8 Å². The van der Waals surface area contributed by atoms with Gasteiger partial charge in [-0.1, -0.05) is 33.6 Å². The van der Waals surface area contributed by atoms with E-state index in [1.54, 1.807) is 7.11 Å². The van der Waals surface area contributed by atoms with E-state index in [1.807, 2.05) is 62.6 Å². The van der Waals surface area contributed by atoms with Gasteiger partial charge in [-0.15, -0.1) is 0 Å². The second-order valence-electron chi connectivity index (χ2n) is 14.0. The number of likely N-dealkylation sites (N-methyl/N-ethyl adjacent to an activating group) is 1. The predicted molar refractivity (Wildman–Crippen MR) is 188 cm³/mol. The average Bonchev–Trinajstić information content (AvgIpc) is 2.96. The van der Waals surface area contributed by atoms with Crippen LogP contribution in [0.5, 0.6) is 0 Å². The van der Waals surface area contributed by atoms with Gasteiger partial charge in [0.1, 0.15) is 0 Å². The number of unbranched alkanes of at least 4 members (excludes halogenated alkanes) is 2. The zero-order chi connectivity index (χ0) is 34.5. The van der Waals surface area contributed by atoms with Gasteiger partial charge in [-0.05, 0) is 134 Å². The molecule has 0 bridgehead atoms. The Balaban J connectivity index is 0. The third-order valence-electron chi connectivity index (χ3n) is 8.23. The van der Waals surface area contributed by atoms with E-state index in [0.717, 1.165) is 64.6 Å². The van der Waals surface area contributed by atoms with Gasteiger partial charge in [0.2, 0.25) is 0 Å². The number of carbonyl (C=O) groups is 2. The highest BCUT2D eigenvalue weighted by Crippen LogP contribution is 2.21. The molecule has 0 aromatic carbocycles. The van der Waals surface area contributed by atoms with Crippen molar-refractivity contribution in [3.05, 3.63) is 0 Å². The maximum Gasteiger partial charge on any atom is 0.169 e. The van der Waals surface area contributed by atoms with Crippen LogP contribution in [0.4, 0.5) is 0 Å².